The third-order valence-electron chi connectivity index (χ3n) is 3.32. The van der Waals surface area contributed by atoms with Crippen molar-refractivity contribution < 1.29 is 4.74 Å². The summed E-state index contributed by atoms with van der Waals surface area (Å²) in [6.07, 6.45) is 1.67. The first-order chi connectivity index (χ1) is 12.4. The summed E-state index contributed by atoms with van der Waals surface area (Å²) in [6, 6.07) is 22.6. The number of hydrazone groups is 1. The number of methoxy groups -OCH3 is 1. The molecule has 0 saturated carbocycles. The Hall–Kier alpha value is -3.54. The predicted molar refractivity (Wildman–Crippen MR) is 98.3 cm³/mol. The fourth-order valence-corrected chi connectivity index (χ4v) is 2.09. The predicted octanol–water partition coefficient (Wildman–Crippen LogP) is 4.65. The Morgan fingerprint density at radius 1 is 0.920 bits per heavy atom. The van der Waals surface area contributed by atoms with Gasteiger partial charge in [-0.05, 0) is 24.3 Å². The lowest BCUT2D eigenvalue weighted by molar-refractivity contribution is 0.416. The molecule has 2 aromatic carbocycles. The molecule has 0 spiro atoms. The summed E-state index contributed by atoms with van der Waals surface area (Å²) < 4.78 is 5.32. The molecule has 124 valence electrons. The van der Waals surface area contributed by atoms with Crippen molar-refractivity contribution in [1.82, 2.24) is 4.98 Å². The number of amidine groups is 1. The Labute approximate surface area is 145 Å². The standard InChI is InChI=1S/C19H17N5O/c1-25-17-12-6-5-11-16(17)21-23-19(15-9-3-2-4-10-15)24-22-18-13-7-8-14-20-18/h2-14,21H,1H3/b23-19-,24-22?. The minimum Gasteiger partial charge on any atom is -0.495 e. The summed E-state index contributed by atoms with van der Waals surface area (Å²) >= 11 is 0. The summed E-state index contributed by atoms with van der Waals surface area (Å²) in [6.45, 7) is 0. The normalized spacial score (nSPS) is 11.5. The number of hydrogen-bond donors (Lipinski definition) is 1. The number of pyridine rings is 1. The Morgan fingerprint density at radius 2 is 1.68 bits per heavy atom. The third-order valence-corrected chi connectivity index (χ3v) is 3.32. The molecule has 0 unspecified atom stereocenters. The van der Waals surface area contributed by atoms with Crippen LogP contribution in [0, 0.1) is 0 Å². The van der Waals surface area contributed by atoms with Gasteiger partial charge in [-0.1, -0.05) is 48.5 Å². The second kappa shape index (κ2) is 8.35. The minimum absolute atomic E-state index is 0.442. The van der Waals surface area contributed by atoms with Gasteiger partial charge in [-0.3, -0.25) is 5.43 Å². The van der Waals surface area contributed by atoms with E-state index in [1.165, 1.54) is 0 Å². The van der Waals surface area contributed by atoms with Gasteiger partial charge in [0, 0.05) is 11.8 Å². The van der Waals surface area contributed by atoms with E-state index < -0.39 is 0 Å². The fraction of sp³-hybridized carbons (Fsp3) is 0.0526. The van der Waals surface area contributed by atoms with Crippen LogP contribution in [0.5, 0.6) is 5.75 Å². The molecule has 3 rings (SSSR count). The molecule has 0 amide bonds. The highest BCUT2D eigenvalue weighted by Crippen LogP contribution is 2.23. The summed E-state index contributed by atoms with van der Waals surface area (Å²) in [5.74, 6) is 1.65. The number of rotatable bonds is 5. The van der Waals surface area contributed by atoms with Gasteiger partial charge in [0.05, 0.1) is 12.8 Å². The number of azo groups is 1. The molecule has 25 heavy (non-hydrogen) atoms. The molecule has 1 heterocycles. The van der Waals surface area contributed by atoms with Gasteiger partial charge in [0.1, 0.15) is 5.75 Å². The number of nitrogens with one attached hydrogen (secondary N) is 1. The first-order valence-corrected chi connectivity index (χ1v) is 7.72. The van der Waals surface area contributed by atoms with Gasteiger partial charge in [0.25, 0.3) is 0 Å². The van der Waals surface area contributed by atoms with Crippen LogP contribution in [-0.4, -0.2) is 17.9 Å². The second-order valence-electron chi connectivity index (χ2n) is 5.00. The van der Waals surface area contributed by atoms with Crippen LogP contribution in [0.4, 0.5) is 11.5 Å². The number of hydrogen-bond acceptors (Lipinski definition) is 5. The van der Waals surface area contributed by atoms with Crippen LogP contribution >= 0.6 is 0 Å². The van der Waals surface area contributed by atoms with Crippen LogP contribution in [0.3, 0.4) is 0 Å². The number of aromatic nitrogens is 1. The van der Waals surface area contributed by atoms with E-state index in [2.05, 4.69) is 25.7 Å². The minimum atomic E-state index is 0.442. The van der Waals surface area contributed by atoms with Crippen molar-refractivity contribution in [2.24, 2.45) is 15.3 Å². The molecule has 0 bridgehead atoms. The van der Waals surface area contributed by atoms with Crippen LogP contribution in [0.1, 0.15) is 5.56 Å². The van der Waals surface area contributed by atoms with Gasteiger partial charge >= 0.3 is 0 Å². The van der Waals surface area contributed by atoms with Crippen LogP contribution in [0.2, 0.25) is 0 Å². The van der Waals surface area contributed by atoms with Crippen molar-refractivity contribution in [3.05, 3.63) is 84.6 Å². The molecule has 0 aliphatic rings. The average molecular weight is 331 g/mol. The van der Waals surface area contributed by atoms with E-state index in [0.29, 0.717) is 17.4 Å². The number of para-hydroxylation sites is 2. The van der Waals surface area contributed by atoms with Gasteiger partial charge in [0.15, 0.2) is 5.82 Å². The molecular formula is C19H17N5O. The summed E-state index contributed by atoms with van der Waals surface area (Å²) in [4.78, 5) is 4.13. The Kier molecular flexibility index (Phi) is 5.45. The lowest BCUT2D eigenvalue weighted by Gasteiger charge is -2.07. The van der Waals surface area contributed by atoms with Gasteiger partial charge in [-0.25, -0.2) is 4.98 Å². The molecule has 0 aliphatic carbocycles. The van der Waals surface area contributed by atoms with Crippen LogP contribution < -0.4 is 10.2 Å². The molecule has 0 atom stereocenters. The molecule has 3 aromatic rings. The molecule has 1 N–H and O–H groups in total. The van der Waals surface area contributed by atoms with Crippen LogP contribution in [0.15, 0.2) is 94.3 Å². The zero-order valence-electron chi connectivity index (χ0n) is 13.7. The molecule has 0 saturated heterocycles. The van der Waals surface area contributed by atoms with E-state index in [1.54, 1.807) is 19.4 Å². The largest absolute Gasteiger partial charge is 0.495 e. The number of ether oxygens (including phenoxy) is 1. The Balaban J connectivity index is 1.90. The van der Waals surface area contributed by atoms with Gasteiger partial charge in [0.2, 0.25) is 5.84 Å². The lowest BCUT2D eigenvalue weighted by atomic mass is 10.2. The van der Waals surface area contributed by atoms with Gasteiger partial charge in [-0.15, -0.1) is 10.2 Å². The average Bonchev–Trinajstić information content (AvgIpc) is 2.70. The summed E-state index contributed by atoms with van der Waals surface area (Å²) in [7, 11) is 1.61. The number of anilines is 1. The van der Waals surface area contributed by atoms with Crippen molar-refractivity contribution in [3.63, 3.8) is 0 Å². The van der Waals surface area contributed by atoms with Crippen molar-refractivity contribution in [3.8, 4) is 5.75 Å². The zero-order valence-corrected chi connectivity index (χ0v) is 13.7. The highest BCUT2D eigenvalue weighted by molar-refractivity contribution is 5.99. The van der Waals surface area contributed by atoms with E-state index >= 15 is 0 Å². The monoisotopic (exact) mass is 331 g/mol. The highest BCUT2D eigenvalue weighted by atomic mass is 16.5. The first kappa shape index (κ1) is 16.3. The summed E-state index contributed by atoms with van der Waals surface area (Å²) in [5.41, 5.74) is 4.57. The fourth-order valence-electron chi connectivity index (χ4n) is 2.09. The number of nitrogens with zero attached hydrogens (tertiary/aromatic N) is 4. The van der Waals surface area contributed by atoms with Crippen molar-refractivity contribution in [1.29, 1.82) is 0 Å². The van der Waals surface area contributed by atoms with Gasteiger partial charge in [-0.2, -0.15) is 5.10 Å². The molecule has 0 fully saturated rings. The molecule has 0 aliphatic heterocycles. The van der Waals surface area contributed by atoms with Gasteiger partial charge < -0.3 is 4.74 Å². The van der Waals surface area contributed by atoms with E-state index in [1.807, 2.05) is 66.7 Å². The van der Waals surface area contributed by atoms with E-state index in [9.17, 15) is 0 Å². The first-order valence-electron chi connectivity index (χ1n) is 7.72. The number of benzene rings is 2. The van der Waals surface area contributed by atoms with Crippen molar-refractivity contribution in [2.45, 2.75) is 0 Å². The quantitative estimate of drug-likeness (QED) is 0.320. The van der Waals surface area contributed by atoms with Crippen molar-refractivity contribution >= 4 is 17.3 Å². The topological polar surface area (TPSA) is 71.2 Å². The van der Waals surface area contributed by atoms with Crippen LogP contribution in [-0.2, 0) is 0 Å². The Bertz CT molecular complexity index is 863. The summed E-state index contributed by atoms with van der Waals surface area (Å²) in [5, 5.41) is 12.8. The van der Waals surface area contributed by atoms with E-state index in [0.717, 1.165) is 11.3 Å². The third kappa shape index (κ3) is 4.48. The molecule has 6 nitrogen and oxygen atoms in total. The smallest absolute Gasteiger partial charge is 0.201 e. The highest BCUT2D eigenvalue weighted by Gasteiger charge is 2.04. The van der Waals surface area contributed by atoms with E-state index in [-0.39, 0.29) is 0 Å². The molecular weight excluding hydrogens is 314 g/mol. The molecule has 1 aromatic heterocycles. The SMILES string of the molecule is COc1ccccc1N/N=C(\N=Nc1ccccn1)c1ccccc1. The van der Waals surface area contributed by atoms with Crippen LogP contribution in [0.25, 0.3) is 0 Å². The molecule has 6 heteroatoms. The zero-order chi connectivity index (χ0) is 17.3. The lowest BCUT2D eigenvalue weighted by Crippen LogP contribution is -2.02. The molecule has 0 radical (unpaired) electrons. The Morgan fingerprint density at radius 3 is 2.44 bits per heavy atom. The van der Waals surface area contributed by atoms with E-state index in [4.69, 9.17) is 4.74 Å². The maximum atomic E-state index is 5.32. The maximum Gasteiger partial charge on any atom is 0.201 e. The van der Waals surface area contributed by atoms with Crippen molar-refractivity contribution in [2.75, 3.05) is 12.5 Å². The maximum absolute atomic E-state index is 5.32. The second-order valence-corrected chi connectivity index (χ2v) is 5.00.